The third-order valence-corrected chi connectivity index (χ3v) is 5.23. The molecule has 3 rings (SSSR count). The van der Waals surface area contributed by atoms with Gasteiger partial charge in [0.25, 0.3) is 0 Å². The van der Waals surface area contributed by atoms with Gasteiger partial charge in [-0.25, -0.2) is 0 Å². The molecular weight excluding hydrogens is 336 g/mol. The molecule has 0 radical (unpaired) electrons. The molecule has 0 saturated carbocycles. The number of amides is 2. The van der Waals surface area contributed by atoms with Crippen molar-refractivity contribution in [2.24, 2.45) is 5.92 Å². The summed E-state index contributed by atoms with van der Waals surface area (Å²) in [5.41, 5.74) is 4.66. The van der Waals surface area contributed by atoms with E-state index in [4.69, 9.17) is 11.6 Å². The van der Waals surface area contributed by atoms with Gasteiger partial charge in [-0.1, -0.05) is 29.8 Å². The molecule has 0 spiro atoms. The summed E-state index contributed by atoms with van der Waals surface area (Å²) in [6, 6.07) is 11.3. The molecule has 5 heteroatoms. The summed E-state index contributed by atoms with van der Waals surface area (Å²) in [6.07, 6.45) is 0.211. The third-order valence-electron chi connectivity index (χ3n) is 4.83. The monoisotopic (exact) mass is 356 g/mol. The Balaban J connectivity index is 1.74. The van der Waals surface area contributed by atoms with Crippen LogP contribution in [0.25, 0.3) is 0 Å². The van der Waals surface area contributed by atoms with Crippen molar-refractivity contribution in [2.75, 3.05) is 16.8 Å². The molecule has 1 atom stereocenters. The Labute approximate surface area is 152 Å². The lowest BCUT2D eigenvalue weighted by molar-refractivity contribution is -0.122. The number of hydrogen-bond donors (Lipinski definition) is 1. The zero-order valence-electron chi connectivity index (χ0n) is 14.6. The standard InChI is InChI=1S/C20H21ClN2O2/c1-12-5-4-6-18(14(12)3)22-20(25)15-9-19(24)23(11-15)16-8-7-13(2)17(21)10-16/h4-8,10,15H,9,11H2,1-3H3,(H,22,25)/t15-/m0/s1. The van der Waals surface area contributed by atoms with E-state index in [1.807, 2.05) is 51.1 Å². The minimum absolute atomic E-state index is 0.0546. The third kappa shape index (κ3) is 3.54. The Kier molecular flexibility index (Phi) is 4.82. The Hall–Kier alpha value is -2.33. The Morgan fingerprint density at radius 1 is 1.16 bits per heavy atom. The first-order chi connectivity index (χ1) is 11.9. The van der Waals surface area contributed by atoms with Gasteiger partial charge in [0, 0.05) is 29.4 Å². The van der Waals surface area contributed by atoms with E-state index in [0.29, 0.717) is 11.6 Å². The van der Waals surface area contributed by atoms with Crippen LogP contribution in [-0.4, -0.2) is 18.4 Å². The topological polar surface area (TPSA) is 49.4 Å². The number of benzene rings is 2. The molecule has 1 aliphatic heterocycles. The van der Waals surface area contributed by atoms with Gasteiger partial charge in [-0.2, -0.15) is 0 Å². The number of nitrogens with zero attached hydrogens (tertiary/aromatic N) is 1. The first-order valence-electron chi connectivity index (χ1n) is 8.30. The normalized spacial score (nSPS) is 17.0. The molecule has 4 nitrogen and oxygen atoms in total. The van der Waals surface area contributed by atoms with Crippen molar-refractivity contribution in [2.45, 2.75) is 27.2 Å². The predicted octanol–water partition coefficient (Wildman–Crippen LogP) is 4.26. The Morgan fingerprint density at radius 2 is 1.92 bits per heavy atom. The van der Waals surface area contributed by atoms with Gasteiger partial charge in [-0.05, 0) is 55.7 Å². The molecule has 1 aliphatic rings. The molecule has 2 aromatic carbocycles. The van der Waals surface area contributed by atoms with E-state index in [1.54, 1.807) is 11.0 Å². The average molecular weight is 357 g/mol. The maximum atomic E-state index is 12.6. The van der Waals surface area contributed by atoms with Crippen LogP contribution in [0.3, 0.4) is 0 Å². The summed E-state index contributed by atoms with van der Waals surface area (Å²) in [5, 5.41) is 3.58. The highest BCUT2D eigenvalue weighted by Crippen LogP contribution is 2.29. The number of carbonyl (C=O) groups excluding carboxylic acids is 2. The first-order valence-corrected chi connectivity index (χ1v) is 8.68. The van der Waals surface area contributed by atoms with Crippen LogP contribution in [0.2, 0.25) is 5.02 Å². The van der Waals surface area contributed by atoms with Crippen LogP contribution in [0, 0.1) is 26.7 Å². The Morgan fingerprint density at radius 3 is 2.64 bits per heavy atom. The lowest BCUT2D eigenvalue weighted by atomic mass is 10.1. The molecule has 130 valence electrons. The summed E-state index contributed by atoms with van der Waals surface area (Å²) in [5.74, 6) is -0.545. The summed E-state index contributed by atoms with van der Waals surface area (Å²) >= 11 is 6.16. The second-order valence-corrected chi connectivity index (χ2v) is 6.98. The average Bonchev–Trinajstić information content (AvgIpc) is 2.96. The molecule has 0 aliphatic carbocycles. The fourth-order valence-electron chi connectivity index (χ4n) is 3.00. The van der Waals surface area contributed by atoms with E-state index in [1.165, 1.54) is 0 Å². The number of halogens is 1. The van der Waals surface area contributed by atoms with Crippen LogP contribution in [0.4, 0.5) is 11.4 Å². The number of rotatable bonds is 3. The highest BCUT2D eigenvalue weighted by atomic mass is 35.5. The molecule has 1 fully saturated rings. The van der Waals surface area contributed by atoms with E-state index in [0.717, 1.165) is 28.1 Å². The zero-order valence-corrected chi connectivity index (χ0v) is 15.4. The lowest BCUT2D eigenvalue weighted by Crippen LogP contribution is -2.28. The van der Waals surface area contributed by atoms with Crippen molar-refractivity contribution in [3.8, 4) is 0 Å². The van der Waals surface area contributed by atoms with E-state index in [-0.39, 0.29) is 24.2 Å². The van der Waals surface area contributed by atoms with Gasteiger partial charge < -0.3 is 10.2 Å². The Bertz CT molecular complexity index is 848. The maximum absolute atomic E-state index is 12.6. The fraction of sp³-hybridized carbons (Fsp3) is 0.300. The zero-order chi connectivity index (χ0) is 18.1. The van der Waals surface area contributed by atoms with Gasteiger partial charge >= 0.3 is 0 Å². The van der Waals surface area contributed by atoms with Crippen molar-refractivity contribution in [3.05, 3.63) is 58.1 Å². The quantitative estimate of drug-likeness (QED) is 0.893. The van der Waals surface area contributed by atoms with Gasteiger partial charge in [-0.3, -0.25) is 9.59 Å². The van der Waals surface area contributed by atoms with Crippen LogP contribution in [0.1, 0.15) is 23.1 Å². The predicted molar refractivity (Wildman–Crippen MR) is 101 cm³/mol. The van der Waals surface area contributed by atoms with Crippen molar-refractivity contribution in [1.29, 1.82) is 0 Å². The molecule has 1 saturated heterocycles. The summed E-state index contributed by atoms with van der Waals surface area (Å²) < 4.78 is 0. The number of anilines is 2. The fourth-order valence-corrected chi connectivity index (χ4v) is 3.18. The number of hydrogen-bond acceptors (Lipinski definition) is 2. The molecule has 1 heterocycles. The van der Waals surface area contributed by atoms with Gasteiger partial charge in [0.1, 0.15) is 0 Å². The minimum atomic E-state index is -0.368. The second-order valence-electron chi connectivity index (χ2n) is 6.58. The van der Waals surface area contributed by atoms with Crippen molar-refractivity contribution in [1.82, 2.24) is 0 Å². The molecule has 0 bridgehead atoms. The largest absolute Gasteiger partial charge is 0.326 e. The van der Waals surface area contributed by atoms with Crippen molar-refractivity contribution >= 4 is 34.8 Å². The van der Waals surface area contributed by atoms with E-state index < -0.39 is 0 Å². The van der Waals surface area contributed by atoms with E-state index in [2.05, 4.69) is 5.32 Å². The summed E-state index contributed by atoms with van der Waals surface area (Å²) in [4.78, 5) is 26.6. The van der Waals surface area contributed by atoms with E-state index >= 15 is 0 Å². The van der Waals surface area contributed by atoms with Crippen LogP contribution in [0.5, 0.6) is 0 Å². The smallest absolute Gasteiger partial charge is 0.229 e. The molecule has 2 amide bonds. The number of carbonyl (C=O) groups is 2. The molecular formula is C20H21ClN2O2. The first kappa shape index (κ1) is 17.5. The number of nitrogens with one attached hydrogen (secondary N) is 1. The molecule has 25 heavy (non-hydrogen) atoms. The molecule has 1 N–H and O–H groups in total. The highest BCUT2D eigenvalue weighted by molar-refractivity contribution is 6.31. The minimum Gasteiger partial charge on any atom is -0.326 e. The van der Waals surface area contributed by atoms with Gasteiger partial charge in [0.2, 0.25) is 11.8 Å². The molecule has 0 aromatic heterocycles. The van der Waals surface area contributed by atoms with E-state index in [9.17, 15) is 9.59 Å². The highest BCUT2D eigenvalue weighted by Gasteiger charge is 2.35. The SMILES string of the molecule is Cc1ccc(N2C[C@@H](C(=O)Nc3cccc(C)c3C)CC2=O)cc1Cl. The van der Waals surface area contributed by atoms with Crippen molar-refractivity contribution < 1.29 is 9.59 Å². The van der Waals surface area contributed by atoms with Crippen LogP contribution >= 0.6 is 11.6 Å². The maximum Gasteiger partial charge on any atom is 0.229 e. The molecule has 0 unspecified atom stereocenters. The lowest BCUT2D eigenvalue weighted by Gasteiger charge is -2.18. The van der Waals surface area contributed by atoms with Crippen LogP contribution in [-0.2, 0) is 9.59 Å². The van der Waals surface area contributed by atoms with Gasteiger partial charge in [-0.15, -0.1) is 0 Å². The second kappa shape index (κ2) is 6.89. The summed E-state index contributed by atoms with van der Waals surface area (Å²) in [6.45, 7) is 6.27. The van der Waals surface area contributed by atoms with Crippen LogP contribution in [0.15, 0.2) is 36.4 Å². The van der Waals surface area contributed by atoms with Gasteiger partial charge in [0.05, 0.1) is 5.92 Å². The summed E-state index contributed by atoms with van der Waals surface area (Å²) in [7, 11) is 0. The van der Waals surface area contributed by atoms with Crippen LogP contribution < -0.4 is 10.2 Å². The molecule has 2 aromatic rings. The van der Waals surface area contributed by atoms with Crippen molar-refractivity contribution in [3.63, 3.8) is 0 Å². The van der Waals surface area contributed by atoms with Gasteiger partial charge in [0.15, 0.2) is 0 Å². The number of aryl methyl sites for hydroxylation is 2.